The minimum Gasteiger partial charge on any atom is -0.324 e. The number of hydrogen-bond acceptors (Lipinski definition) is 4. The minimum atomic E-state index is -3.11. The Hall–Kier alpha value is -0.950. The number of hydrogen-bond donors (Lipinski definition) is 3. The summed E-state index contributed by atoms with van der Waals surface area (Å²) in [5.41, 5.74) is 8.47. The van der Waals surface area contributed by atoms with E-state index in [-0.39, 0.29) is 12.1 Å². The highest BCUT2D eigenvalue weighted by Gasteiger charge is 2.27. The topological polar surface area (TPSA) is 84.2 Å². The van der Waals surface area contributed by atoms with Gasteiger partial charge in [-0.1, -0.05) is 24.3 Å². The quantitative estimate of drug-likeness (QED) is 0.670. The van der Waals surface area contributed by atoms with Gasteiger partial charge in [-0.25, -0.2) is 13.1 Å². The summed E-state index contributed by atoms with van der Waals surface area (Å²) in [5.74, 6) is 0. The number of fused-ring (bicyclic) bond motifs is 1. The maximum absolute atomic E-state index is 10.9. The summed E-state index contributed by atoms with van der Waals surface area (Å²) in [6.07, 6.45) is 2.02. The van der Waals surface area contributed by atoms with Crippen LogP contribution in [0.1, 0.15) is 29.6 Å². The molecule has 0 radical (unpaired) electrons. The van der Waals surface area contributed by atoms with Crippen molar-refractivity contribution in [3.05, 3.63) is 35.4 Å². The fourth-order valence-electron chi connectivity index (χ4n) is 2.35. The summed E-state index contributed by atoms with van der Waals surface area (Å²) in [6.45, 7) is 0.992. The van der Waals surface area contributed by atoms with Crippen molar-refractivity contribution in [3.8, 4) is 0 Å². The van der Waals surface area contributed by atoms with Crippen molar-refractivity contribution >= 4 is 10.0 Å². The molecule has 2 atom stereocenters. The van der Waals surface area contributed by atoms with Crippen LogP contribution in [0, 0.1) is 0 Å². The zero-order valence-corrected chi connectivity index (χ0v) is 11.2. The van der Waals surface area contributed by atoms with E-state index in [4.69, 9.17) is 5.73 Å². The fraction of sp³-hybridized carbons (Fsp3) is 0.500. The molecule has 2 unspecified atom stereocenters. The summed E-state index contributed by atoms with van der Waals surface area (Å²) in [7, 11) is -3.11. The van der Waals surface area contributed by atoms with Gasteiger partial charge in [-0.15, -0.1) is 0 Å². The van der Waals surface area contributed by atoms with Crippen LogP contribution in [-0.4, -0.2) is 27.8 Å². The van der Waals surface area contributed by atoms with Crippen LogP contribution in [0.2, 0.25) is 0 Å². The molecular formula is C12H19N3O2S. The zero-order chi connectivity index (χ0) is 13.2. The summed E-state index contributed by atoms with van der Waals surface area (Å²) in [4.78, 5) is 0. The van der Waals surface area contributed by atoms with E-state index in [9.17, 15) is 8.42 Å². The van der Waals surface area contributed by atoms with Gasteiger partial charge in [0.1, 0.15) is 0 Å². The number of nitrogens with two attached hydrogens (primary N) is 1. The predicted octanol–water partition coefficient (Wildman–Crippen LogP) is 0.270. The van der Waals surface area contributed by atoms with E-state index in [1.54, 1.807) is 0 Å². The lowest BCUT2D eigenvalue weighted by atomic mass is 10.1. The van der Waals surface area contributed by atoms with Crippen molar-refractivity contribution in [1.29, 1.82) is 0 Å². The lowest BCUT2D eigenvalue weighted by molar-refractivity contribution is 0.498. The maximum atomic E-state index is 10.9. The van der Waals surface area contributed by atoms with Crippen molar-refractivity contribution in [2.45, 2.75) is 18.5 Å². The largest absolute Gasteiger partial charge is 0.324 e. The second-order valence-corrected chi connectivity index (χ2v) is 6.48. The highest BCUT2D eigenvalue weighted by atomic mass is 32.2. The molecule has 100 valence electrons. The van der Waals surface area contributed by atoms with Crippen molar-refractivity contribution in [2.75, 3.05) is 19.3 Å². The van der Waals surface area contributed by atoms with Crippen LogP contribution in [0.4, 0.5) is 0 Å². The molecule has 1 aliphatic rings. The number of rotatable bonds is 5. The molecular weight excluding hydrogens is 250 g/mol. The lowest BCUT2D eigenvalue weighted by Gasteiger charge is -2.13. The Bertz CT molecular complexity index is 516. The molecule has 1 aromatic rings. The summed E-state index contributed by atoms with van der Waals surface area (Å²) in [5, 5.41) is 3.33. The highest BCUT2D eigenvalue weighted by molar-refractivity contribution is 7.88. The molecule has 18 heavy (non-hydrogen) atoms. The Morgan fingerprint density at radius 2 is 1.94 bits per heavy atom. The zero-order valence-electron chi connectivity index (χ0n) is 10.4. The van der Waals surface area contributed by atoms with E-state index in [1.807, 2.05) is 12.1 Å². The SMILES string of the molecule is CS(=O)(=O)NCCNC1CC(N)c2ccccc21. The van der Waals surface area contributed by atoms with Crippen LogP contribution in [0.15, 0.2) is 24.3 Å². The van der Waals surface area contributed by atoms with Gasteiger partial charge in [-0.2, -0.15) is 0 Å². The fourth-order valence-corrected chi connectivity index (χ4v) is 2.82. The molecule has 0 fully saturated rings. The van der Waals surface area contributed by atoms with Crippen LogP contribution >= 0.6 is 0 Å². The van der Waals surface area contributed by atoms with Gasteiger partial charge in [0.2, 0.25) is 10.0 Å². The van der Waals surface area contributed by atoms with Crippen molar-refractivity contribution in [2.24, 2.45) is 5.73 Å². The molecule has 2 rings (SSSR count). The highest BCUT2D eigenvalue weighted by Crippen LogP contribution is 2.36. The van der Waals surface area contributed by atoms with E-state index in [2.05, 4.69) is 22.2 Å². The molecule has 0 bridgehead atoms. The number of benzene rings is 1. The molecule has 0 aromatic heterocycles. The van der Waals surface area contributed by atoms with Gasteiger partial charge in [0.15, 0.2) is 0 Å². The Morgan fingerprint density at radius 1 is 1.28 bits per heavy atom. The normalized spacial score (nSPS) is 23.0. The first kappa shape index (κ1) is 13.5. The van der Waals surface area contributed by atoms with Gasteiger partial charge in [0, 0.05) is 25.2 Å². The molecule has 0 spiro atoms. The third-order valence-corrected chi connectivity index (χ3v) is 3.87. The molecule has 6 heteroatoms. The smallest absolute Gasteiger partial charge is 0.208 e. The van der Waals surface area contributed by atoms with Gasteiger partial charge < -0.3 is 11.1 Å². The van der Waals surface area contributed by atoms with Crippen LogP contribution < -0.4 is 15.8 Å². The third kappa shape index (κ3) is 3.29. The molecule has 0 saturated heterocycles. The third-order valence-electron chi connectivity index (χ3n) is 3.14. The Labute approximate surface area is 108 Å². The molecule has 0 heterocycles. The second kappa shape index (κ2) is 5.36. The first-order valence-electron chi connectivity index (χ1n) is 6.00. The lowest BCUT2D eigenvalue weighted by Crippen LogP contribution is -2.32. The molecule has 1 aromatic carbocycles. The Morgan fingerprint density at radius 3 is 2.61 bits per heavy atom. The van der Waals surface area contributed by atoms with Gasteiger partial charge in [0.05, 0.1) is 6.26 Å². The summed E-state index contributed by atoms with van der Waals surface area (Å²) < 4.78 is 24.3. The molecule has 0 aliphatic heterocycles. The molecule has 0 saturated carbocycles. The maximum Gasteiger partial charge on any atom is 0.208 e. The molecule has 1 aliphatic carbocycles. The van der Waals surface area contributed by atoms with Crippen molar-refractivity contribution in [3.63, 3.8) is 0 Å². The van der Waals surface area contributed by atoms with E-state index in [1.165, 1.54) is 11.1 Å². The van der Waals surface area contributed by atoms with Gasteiger partial charge in [-0.3, -0.25) is 0 Å². The first-order chi connectivity index (χ1) is 8.47. The van der Waals surface area contributed by atoms with E-state index >= 15 is 0 Å². The molecule has 4 N–H and O–H groups in total. The van der Waals surface area contributed by atoms with Gasteiger partial charge in [0.25, 0.3) is 0 Å². The molecule has 0 amide bonds. The van der Waals surface area contributed by atoms with E-state index in [0.29, 0.717) is 13.1 Å². The average Bonchev–Trinajstić information content (AvgIpc) is 2.62. The van der Waals surface area contributed by atoms with Crippen LogP contribution in [0.5, 0.6) is 0 Å². The Balaban J connectivity index is 1.89. The first-order valence-corrected chi connectivity index (χ1v) is 7.89. The Kier molecular flexibility index (Phi) is 4.01. The van der Waals surface area contributed by atoms with Gasteiger partial charge in [-0.05, 0) is 17.5 Å². The van der Waals surface area contributed by atoms with Crippen molar-refractivity contribution in [1.82, 2.24) is 10.0 Å². The summed E-state index contributed by atoms with van der Waals surface area (Å²) >= 11 is 0. The predicted molar refractivity (Wildman–Crippen MR) is 71.6 cm³/mol. The number of sulfonamides is 1. The van der Waals surface area contributed by atoms with Crippen LogP contribution in [0.3, 0.4) is 0 Å². The molecule has 5 nitrogen and oxygen atoms in total. The summed E-state index contributed by atoms with van der Waals surface area (Å²) in [6, 6.07) is 8.41. The van der Waals surface area contributed by atoms with Gasteiger partial charge >= 0.3 is 0 Å². The average molecular weight is 269 g/mol. The monoisotopic (exact) mass is 269 g/mol. The van der Waals surface area contributed by atoms with E-state index in [0.717, 1.165) is 12.7 Å². The van der Waals surface area contributed by atoms with E-state index < -0.39 is 10.0 Å². The number of nitrogens with one attached hydrogen (secondary N) is 2. The van der Waals surface area contributed by atoms with Crippen LogP contribution in [0.25, 0.3) is 0 Å². The second-order valence-electron chi connectivity index (χ2n) is 4.64. The van der Waals surface area contributed by atoms with Crippen molar-refractivity contribution < 1.29 is 8.42 Å². The van der Waals surface area contributed by atoms with Crippen LogP contribution in [-0.2, 0) is 10.0 Å². The minimum absolute atomic E-state index is 0.0709. The standard InChI is InChI=1S/C12H19N3O2S/c1-18(16,17)15-7-6-14-12-8-11(13)9-4-2-3-5-10(9)12/h2-5,11-12,14-15H,6-8,13H2,1H3.